The van der Waals surface area contributed by atoms with E-state index in [4.69, 9.17) is 4.55 Å². The lowest BCUT2D eigenvalue weighted by Crippen LogP contribution is -2.39. The summed E-state index contributed by atoms with van der Waals surface area (Å²) in [6, 6.07) is 0. The van der Waals surface area contributed by atoms with E-state index in [1.807, 2.05) is 0 Å². The molecule has 0 aliphatic carbocycles. The molecule has 0 amide bonds. The van der Waals surface area contributed by atoms with E-state index in [9.17, 15) is 40.8 Å². The third-order valence-corrected chi connectivity index (χ3v) is 2.83. The van der Waals surface area contributed by atoms with Crippen molar-refractivity contribution in [1.29, 1.82) is 0 Å². The number of carbonyl (C=O) groups excluding carboxylic acids is 2. The van der Waals surface area contributed by atoms with Crippen LogP contribution in [-0.4, -0.2) is 48.6 Å². The second-order valence-corrected chi connectivity index (χ2v) is 5.28. The first kappa shape index (κ1) is 20.8. The Hall–Kier alpha value is -1.20. The number of rotatable bonds is 9. The van der Waals surface area contributed by atoms with E-state index in [0.29, 0.717) is 0 Å². The van der Waals surface area contributed by atoms with Gasteiger partial charge in [-0.05, 0) is 0 Å². The van der Waals surface area contributed by atoms with Crippen LogP contribution in [0.15, 0.2) is 0 Å². The molecule has 0 saturated heterocycles. The van der Waals surface area contributed by atoms with Crippen molar-refractivity contribution < 1.29 is 64.2 Å². The van der Waals surface area contributed by atoms with Gasteiger partial charge in [0.2, 0.25) is 0 Å². The quantitative estimate of drug-likeness (QED) is 0.100. The molecule has 0 heterocycles. The van der Waals surface area contributed by atoms with E-state index in [0.717, 1.165) is 0 Å². The molecule has 0 unspecified atom stereocenters. The van der Waals surface area contributed by atoms with Crippen LogP contribution in [0, 0.1) is 0 Å². The average Bonchev–Trinajstić information content (AvgIpc) is 2.39. The molecular weight excluding hydrogens is 372 g/mol. The summed E-state index contributed by atoms with van der Waals surface area (Å²) in [5.41, 5.74) is 0. The maximum absolute atomic E-state index is 12.7. The van der Waals surface area contributed by atoms with Gasteiger partial charge in [0, 0.05) is 0 Å². The highest BCUT2D eigenvalue weighted by atomic mass is 32.2. The van der Waals surface area contributed by atoms with Crippen LogP contribution in [0.25, 0.3) is 0 Å². The Morgan fingerprint density at radius 3 is 1.95 bits per heavy atom. The minimum atomic E-state index is -6.09. The molecule has 0 aliphatic rings. The number of halogens is 4. The highest BCUT2D eigenvalue weighted by Crippen LogP contribution is 2.30. The third-order valence-electron chi connectivity index (χ3n) is 1.52. The number of esters is 2. The average molecular weight is 377 g/mol. The molecule has 0 rings (SSSR count). The molecule has 0 aromatic rings. The topological polar surface area (TPSA) is 148 Å². The van der Waals surface area contributed by atoms with Crippen molar-refractivity contribution in [3.63, 3.8) is 0 Å². The van der Waals surface area contributed by atoms with Crippen molar-refractivity contribution >= 4 is 34.1 Å². The summed E-state index contributed by atoms with van der Waals surface area (Å²) in [5, 5.41) is 2.15. The predicted octanol–water partition coefficient (Wildman–Crippen LogP) is -0.982. The monoisotopic (exact) mass is 377 g/mol. The number of hydrogen-bond acceptors (Lipinski definition) is 10. The minimum absolute atomic E-state index is 1.02. The van der Waals surface area contributed by atoms with Crippen LogP contribution >= 0.6 is 12.0 Å². The highest BCUT2D eigenvalue weighted by Gasteiger charge is 2.54. The zero-order chi connectivity index (χ0) is 17.6. The second-order valence-electron chi connectivity index (χ2n) is 3.00. The van der Waals surface area contributed by atoms with E-state index in [-0.39, 0.29) is 0 Å². The maximum atomic E-state index is 12.7. The molecule has 0 spiro atoms. The van der Waals surface area contributed by atoms with E-state index < -0.39 is 57.8 Å². The van der Waals surface area contributed by atoms with Crippen molar-refractivity contribution in [1.82, 2.24) is 0 Å². The lowest BCUT2D eigenvalue weighted by atomic mass is 10.6. The molecule has 0 aromatic heterocycles. The Morgan fingerprint density at radius 1 is 1.09 bits per heavy atom. The first-order valence-corrected chi connectivity index (χ1v) is 6.76. The molecule has 130 valence electrons. The summed E-state index contributed by atoms with van der Waals surface area (Å²) in [7, 11) is -6.09. The lowest BCUT2D eigenvalue weighted by Gasteiger charge is -2.15. The summed E-state index contributed by atoms with van der Waals surface area (Å²) in [6.07, 6.45) is 0. The Bertz CT molecular complexity index is 506. The molecule has 0 aromatic carbocycles. The molecule has 0 fully saturated rings. The number of ether oxygens (including phenoxy) is 2. The molecule has 0 radical (unpaired) electrons. The van der Waals surface area contributed by atoms with Crippen LogP contribution in [0.5, 0.6) is 0 Å². The third kappa shape index (κ3) is 5.89. The van der Waals surface area contributed by atoms with E-state index in [1.54, 1.807) is 0 Å². The maximum Gasteiger partial charge on any atom is 0.465 e. The summed E-state index contributed by atoms with van der Waals surface area (Å²) in [4.78, 5) is 21.3. The molecule has 0 aliphatic heterocycles. The highest BCUT2D eigenvalue weighted by molar-refractivity contribution is 7.96. The predicted molar refractivity (Wildman–Crippen MR) is 53.1 cm³/mol. The van der Waals surface area contributed by atoms with Gasteiger partial charge in [-0.2, -0.15) is 30.3 Å². The fourth-order valence-corrected chi connectivity index (χ4v) is 1.14. The van der Waals surface area contributed by atoms with Crippen molar-refractivity contribution in [2.45, 2.75) is 10.5 Å². The number of carbonyl (C=O) groups is 2. The summed E-state index contributed by atoms with van der Waals surface area (Å²) in [5.74, 6) is -5.01. The normalized spacial score (nSPS) is 12.8. The summed E-state index contributed by atoms with van der Waals surface area (Å²) in [6.45, 7) is -2.39. The van der Waals surface area contributed by atoms with Gasteiger partial charge in [0.25, 0.3) is 0 Å². The largest absolute Gasteiger partial charge is 0.691 e. The molecule has 16 heteroatoms. The molecule has 22 heavy (non-hydrogen) atoms. The van der Waals surface area contributed by atoms with Crippen molar-refractivity contribution in [3.05, 3.63) is 0 Å². The van der Waals surface area contributed by atoms with E-state index in [2.05, 4.69) is 18.8 Å². The van der Waals surface area contributed by atoms with E-state index >= 15 is 0 Å². The second kappa shape index (κ2) is 7.88. The SMILES string of the molecule is O=C(OCCOC(=O)C(F)(F)S(=O)(=O)O)C(F)(F)SOO[O-]. The number of alkyl halides is 4. The standard InChI is InChI=1S/C6H6F4O10S2/c7-5(8,21-20-19-13)3(11)17-1-2-18-4(12)6(9,10)22(14,15)16/h13H,1-2H2,(H,14,15,16)/p-1. The van der Waals surface area contributed by atoms with Crippen molar-refractivity contribution in [3.8, 4) is 0 Å². The van der Waals surface area contributed by atoms with Crippen LogP contribution in [-0.2, 0) is 38.6 Å². The Balaban J connectivity index is 4.29. The zero-order valence-electron chi connectivity index (χ0n) is 9.86. The van der Waals surface area contributed by atoms with Gasteiger partial charge in [-0.3, -0.25) is 9.59 Å². The zero-order valence-corrected chi connectivity index (χ0v) is 11.5. The Morgan fingerprint density at radius 2 is 1.55 bits per heavy atom. The number of hydrogen-bond donors (Lipinski definition) is 1. The van der Waals surface area contributed by atoms with Crippen LogP contribution in [0.4, 0.5) is 17.6 Å². The molecule has 0 saturated carbocycles. The van der Waals surface area contributed by atoms with Crippen LogP contribution in [0.2, 0.25) is 0 Å². The van der Waals surface area contributed by atoms with Crippen LogP contribution in [0.1, 0.15) is 0 Å². The first-order chi connectivity index (χ1) is 9.86. The van der Waals surface area contributed by atoms with Gasteiger partial charge >= 0.3 is 32.6 Å². The van der Waals surface area contributed by atoms with Crippen molar-refractivity contribution in [2.75, 3.05) is 13.2 Å². The molecular formula is C6H5F4O10S2-. The molecule has 0 atom stereocenters. The summed E-state index contributed by atoms with van der Waals surface area (Å²) < 4.78 is 89.6. The smallest absolute Gasteiger partial charge is 0.465 e. The molecule has 1 N–H and O–H groups in total. The van der Waals surface area contributed by atoms with Gasteiger partial charge in [0.1, 0.15) is 25.3 Å². The van der Waals surface area contributed by atoms with Gasteiger partial charge in [0.05, 0.1) is 0 Å². The van der Waals surface area contributed by atoms with Crippen LogP contribution in [0.3, 0.4) is 0 Å². The fraction of sp³-hybridized carbons (Fsp3) is 0.667. The van der Waals surface area contributed by atoms with Crippen LogP contribution < -0.4 is 5.26 Å². The molecule has 0 bridgehead atoms. The lowest BCUT2D eigenvalue weighted by molar-refractivity contribution is -0.777. The van der Waals surface area contributed by atoms with Gasteiger partial charge in [-0.25, -0.2) is 9.59 Å². The molecule has 10 nitrogen and oxygen atoms in total. The van der Waals surface area contributed by atoms with Gasteiger partial charge in [0.15, 0.2) is 0 Å². The minimum Gasteiger partial charge on any atom is -0.691 e. The summed E-state index contributed by atoms with van der Waals surface area (Å²) >= 11 is -1.02. The Kier molecular flexibility index (Phi) is 7.45. The fourth-order valence-electron chi connectivity index (χ4n) is 0.633. The van der Waals surface area contributed by atoms with Gasteiger partial charge in [-0.1, -0.05) is 0 Å². The van der Waals surface area contributed by atoms with Crippen molar-refractivity contribution in [2.24, 2.45) is 0 Å². The first-order valence-electron chi connectivity index (χ1n) is 4.57. The van der Waals surface area contributed by atoms with Gasteiger partial charge in [-0.15, -0.1) is 0 Å². The Labute approximate surface area is 123 Å². The van der Waals surface area contributed by atoms with E-state index in [1.165, 1.54) is 0 Å². The van der Waals surface area contributed by atoms with Gasteiger partial charge < -0.3 is 14.7 Å².